The van der Waals surface area contributed by atoms with E-state index in [0.717, 1.165) is 64.6 Å². The SMILES string of the molecule is C[C@H](CC1NNCN1C)C1CCCC(NC(=O)C2CC(O[C@H]3CC[C@@H](O)C3)CCN2)C1. The molecule has 31 heavy (non-hydrogen) atoms. The minimum absolute atomic E-state index is 0.121. The molecule has 2 aliphatic heterocycles. The van der Waals surface area contributed by atoms with Gasteiger partial charge in [-0.2, -0.15) is 0 Å². The molecule has 2 heterocycles. The largest absolute Gasteiger partial charge is 0.393 e. The van der Waals surface area contributed by atoms with E-state index in [2.05, 4.69) is 40.4 Å². The monoisotopic (exact) mass is 437 g/mol. The molecule has 0 bridgehead atoms. The van der Waals surface area contributed by atoms with E-state index in [9.17, 15) is 9.90 Å². The van der Waals surface area contributed by atoms with E-state index in [0.29, 0.717) is 18.0 Å². The predicted molar refractivity (Wildman–Crippen MR) is 120 cm³/mol. The Morgan fingerprint density at radius 3 is 2.74 bits per heavy atom. The van der Waals surface area contributed by atoms with Crippen LogP contribution in [0.15, 0.2) is 0 Å². The van der Waals surface area contributed by atoms with Crippen LogP contribution in [0.2, 0.25) is 0 Å². The summed E-state index contributed by atoms with van der Waals surface area (Å²) in [4.78, 5) is 15.3. The number of piperidine rings is 1. The average Bonchev–Trinajstić information content (AvgIpc) is 3.36. The van der Waals surface area contributed by atoms with Crippen LogP contribution in [0.3, 0.4) is 0 Å². The van der Waals surface area contributed by atoms with Gasteiger partial charge in [0.15, 0.2) is 0 Å². The number of nitrogens with one attached hydrogen (secondary N) is 4. The van der Waals surface area contributed by atoms with Crippen molar-refractivity contribution < 1.29 is 14.6 Å². The molecule has 0 radical (unpaired) electrons. The molecule has 2 saturated carbocycles. The Kier molecular flexibility index (Phi) is 8.22. The van der Waals surface area contributed by atoms with Crippen molar-refractivity contribution in [2.45, 2.75) is 108 Å². The zero-order valence-corrected chi connectivity index (χ0v) is 19.3. The van der Waals surface area contributed by atoms with Crippen molar-refractivity contribution in [2.24, 2.45) is 11.8 Å². The molecule has 0 aromatic rings. The number of aliphatic hydroxyl groups excluding tert-OH is 1. The third-order valence-corrected chi connectivity index (χ3v) is 8.00. The second kappa shape index (κ2) is 10.9. The number of hydrazine groups is 1. The molecule has 0 aromatic carbocycles. The lowest BCUT2D eigenvalue weighted by Crippen LogP contribution is -2.53. The number of aliphatic hydroxyl groups is 1. The number of amides is 1. The van der Waals surface area contributed by atoms with Crippen LogP contribution >= 0.6 is 0 Å². The molecule has 4 rings (SSSR count). The highest BCUT2D eigenvalue weighted by Gasteiger charge is 2.34. The van der Waals surface area contributed by atoms with Gasteiger partial charge in [-0.3, -0.25) is 9.69 Å². The van der Waals surface area contributed by atoms with E-state index < -0.39 is 0 Å². The molecular formula is C23H43N5O3. The van der Waals surface area contributed by atoms with Gasteiger partial charge >= 0.3 is 0 Å². The first kappa shape index (κ1) is 23.4. The van der Waals surface area contributed by atoms with Crippen LogP contribution in [0.4, 0.5) is 0 Å². The van der Waals surface area contributed by atoms with Gasteiger partial charge in [0, 0.05) is 6.04 Å². The van der Waals surface area contributed by atoms with E-state index in [4.69, 9.17) is 4.74 Å². The Balaban J connectivity index is 1.22. The van der Waals surface area contributed by atoms with Crippen LogP contribution in [0.1, 0.15) is 71.1 Å². The summed E-state index contributed by atoms with van der Waals surface area (Å²) in [7, 11) is 2.15. The first-order valence-electron chi connectivity index (χ1n) is 12.5. The molecular weight excluding hydrogens is 394 g/mol. The number of nitrogens with zero attached hydrogens (tertiary/aromatic N) is 1. The van der Waals surface area contributed by atoms with Gasteiger partial charge in [-0.15, -0.1) is 0 Å². The lowest BCUT2D eigenvalue weighted by molar-refractivity contribution is -0.127. The van der Waals surface area contributed by atoms with Crippen LogP contribution in [-0.4, -0.2) is 72.7 Å². The molecule has 178 valence electrons. The predicted octanol–water partition coefficient (Wildman–Crippen LogP) is 1.06. The highest BCUT2D eigenvalue weighted by molar-refractivity contribution is 5.82. The topological polar surface area (TPSA) is 97.9 Å². The van der Waals surface area contributed by atoms with Gasteiger partial charge in [-0.25, -0.2) is 10.9 Å². The zero-order chi connectivity index (χ0) is 21.8. The van der Waals surface area contributed by atoms with Crippen molar-refractivity contribution in [1.82, 2.24) is 26.4 Å². The van der Waals surface area contributed by atoms with Gasteiger partial charge in [-0.1, -0.05) is 19.8 Å². The molecule has 8 heteroatoms. The third-order valence-electron chi connectivity index (χ3n) is 8.00. The van der Waals surface area contributed by atoms with E-state index in [1.807, 2.05) is 0 Å². The van der Waals surface area contributed by atoms with E-state index in [1.165, 1.54) is 12.8 Å². The molecule has 5 unspecified atom stereocenters. The summed E-state index contributed by atoms with van der Waals surface area (Å²) in [6.07, 6.45) is 10.4. The summed E-state index contributed by atoms with van der Waals surface area (Å²) in [6.45, 7) is 4.08. The van der Waals surface area contributed by atoms with Crippen LogP contribution in [-0.2, 0) is 9.53 Å². The molecule has 2 aliphatic carbocycles. The molecule has 2 saturated heterocycles. The van der Waals surface area contributed by atoms with Crippen molar-refractivity contribution in [3.63, 3.8) is 0 Å². The minimum Gasteiger partial charge on any atom is -0.393 e. The number of rotatable bonds is 7. The average molecular weight is 438 g/mol. The van der Waals surface area contributed by atoms with Gasteiger partial charge in [0.2, 0.25) is 5.91 Å². The minimum atomic E-state index is -0.214. The van der Waals surface area contributed by atoms with E-state index >= 15 is 0 Å². The summed E-state index contributed by atoms with van der Waals surface area (Å²) in [5, 5.41) is 16.5. The quantitative estimate of drug-likeness (QED) is 0.406. The lowest BCUT2D eigenvalue weighted by atomic mass is 9.77. The molecule has 0 aromatic heterocycles. The summed E-state index contributed by atoms with van der Waals surface area (Å²) in [5.41, 5.74) is 6.59. The van der Waals surface area contributed by atoms with Crippen molar-refractivity contribution in [3.05, 3.63) is 0 Å². The second-order valence-electron chi connectivity index (χ2n) is 10.5. The van der Waals surface area contributed by atoms with Crippen LogP contribution in [0.5, 0.6) is 0 Å². The van der Waals surface area contributed by atoms with E-state index in [1.54, 1.807) is 0 Å². The Bertz CT molecular complexity index is 594. The number of ether oxygens (including phenoxy) is 1. The van der Waals surface area contributed by atoms with Crippen molar-refractivity contribution in [2.75, 3.05) is 20.3 Å². The molecule has 5 N–H and O–H groups in total. The molecule has 8 atom stereocenters. The van der Waals surface area contributed by atoms with Crippen LogP contribution in [0.25, 0.3) is 0 Å². The van der Waals surface area contributed by atoms with Crippen LogP contribution < -0.4 is 21.5 Å². The normalized spacial score (nSPS) is 40.7. The fraction of sp³-hybridized carbons (Fsp3) is 0.957. The van der Waals surface area contributed by atoms with Crippen LogP contribution in [0, 0.1) is 11.8 Å². The zero-order valence-electron chi connectivity index (χ0n) is 19.3. The maximum atomic E-state index is 13.0. The van der Waals surface area contributed by atoms with Gasteiger partial charge in [-0.05, 0) is 76.8 Å². The molecule has 0 spiro atoms. The van der Waals surface area contributed by atoms with Gasteiger partial charge in [0.25, 0.3) is 0 Å². The number of hydrogen-bond acceptors (Lipinski definition) is 7. The fourth-order valence-electron chi connectivity index (χ4n) is 5.99. The summed E-state index contributed by atoms with van der Waals surface area (Å²) in [5.74, 6) is 1.44. The first-order valence-corrected chi connectivity index (χ1v) is 12.5. The maximum Gasteiger partial charge on any atom is 0.237 e. The van der Waals surface area contributed by atoms with Crippen molar-refractivity contribution in [3.8, 4) is 0 Å². The Hall–Kier alpha value is -0.770. The molecule has 8 nitrogen and oxygen atoms in total. The number of hydrogen-bond donors (Lipinski definition) is 5. The highest BCUT2D eigenvalue weighted by Crippen LogP contribution is 2.33. The van der Waals surface area contributed by atoms with Crippen molar-refractivity contribution >= 4 is 5.91 Å². The molecule has 4 fully saturated rings. The third kappa shape index (κ3) is 6.39. The standard InChI is InChI=1S/C23H43N5O3/c1-15(10-22-27-25-14-28(22)2)16-4-3-5-17(11-16)26-23(30)21-13-20(8-9-24-21)31-19-7-6-18(29)12-19/h15-22,24-25,27,29H,3-14H2,1-2H3,(H,26,30)/t15-,16?,17?,18-,19+,20?,21?,22?/m1/s1. The molecule has 4 aliphatic rings. The van der Waals surface area contributed by atoms with Gasteiger partial charge < -0.3 is 20.5 Å². The Labute approximate surface area is 187 Å². The second-order valence-corrected chi connectivity index (χ2v) is 10.5. The van der Waals surface area contributed by atoms with Gasteiger partial charge in [0.1, 0.15) is 0 Å². The van der Waals surface area contributed by atoms with Gasteiger partial charge in [0.05, 0.1) is 37.2 Å². The molecule has 1 amide bonds. The Morgan fingerprint density at radius 1 is 1.16 bits per heavy atom. The maximum absolute atomic E-state index is 13.0. The van der Waals surface area contributed by atoms with E-state index in [-0.39, 0.29) is 36.3 Å². The van der Waals surface area contributed by atoms with Crippen molar-refractivity contribution in [1.29, 1.82) is 0 Å². The summed E-state index contributed by atoms with van der Waals surface area (Å²) >= 11 is 0. The fourth-order valence-corrected chi connectivity index (χ4v) is 5.99. The Morgan fingerprint density at radius 2 is 2.00 bits per heavy atom. The smallest absolute Gasteiger partial charge is 0.237 e. The summed E-state index contributed by atoms with van der Waals surface area (Å²) in [6, 6.07) is 0.124. The lowest BCUT2D eigenvalue weighted by Gasteiger charge is -2.36. The number of carbonyl (C=O) groups excluding carboxylic acids is 1. The summed E-state index contributed by atoms with van der Waals surface area (Å²) < 4.78 is 6.22. The number of carbonyl (C=O) groups is 1. The highest BCUT2D eigenvalue weighted by atomic mass is 16.5. The first-order chi connectivity index (χ1) is 15.0.